The van der Waals surface area contributed by atoms with Crippen molar-refractivity contribution in [2.75, 3.05) is 6.54 Å². The number of hydrogen-bond donors (Lipinski definition) is 2. The predicted octanol–water partition coefficient (Wildman–Crippen LogP) is 1.23. The van der Waals surface area contributed by atoms with E-state index in [1.54, 1.807) is 35.6 Å². The number of carbonyl (C=O) groups is 1. The van der Waals surface area contributed by atoms with Crippen LogP contribution in [0, 0.1) is 0 Å². The van der Waals surface area contributed by atoms with Crippen molar-refractivity contribution in [2.45, 2.75) is 18.6 Å². The summed E-state index contributed by atoms with van der Waals surface area (Å²) in [5.74, 6) is -0.800. The van der Waals surface area contributed by atoms with Gasteiger partial charge in [0, 0.05) is 0 Å². The minimum Gasteiger partial charge on any atom is -0.346 e. The average Bonchev–Trinajstić information content (AvgIpc) is 2.26. The van der Waals surface area contributed by atoms with E-state index < -0.39 is 24.7 Å². The van der Waals surface area contributed by atoms with Crippen molar-refractivity contribution in [1.82, 2.24) is 5.32 Å². The topological polar surface area (TPSA) is 55.1 Å². The summed E-state index contributed by atoms with van der Waals surface area (Å²) in [5.41, 5.74) is 6.31. The van der Waals surface area contributed by atoms with E-state index in [1.807, 2.05) is 0 Å². The molecule has 0 heterocycles. The van der Waals surface area contributed by atoms with Crippen LogP contribution < -0.4 is 11.1 Å². The highest BCUT2D eigenvalue weighted by Gasteiger charge is 2.28. The van der Waals surface area contributed by atoms with Crippen LogP contribution >= 0.6 is 0 Å². The fourth-order valence-electron chi connectivity index (χ4n) is 1.28. The van der Waals surface area contributed by atoms with E-state index >= 15 is 0 Å². The van der Waals surface area contributed by atoms with E-state index in [0.717, 1.165) is 5.56 Å². The second-order valence-electron chi connectivity index (χ2n) is 3.63. The molecule has 0 bridgehead atoms. The Balaban J connectivity index is 2.43. The molecule has 0 radical (unpaired) electrons. The van der Waals surface area contributed by atoms with Gasteiger partial charge < -0.3 is 11.1 Å². The lowest BCUT2D eigenvalue weighted by atomic mass is 10.1. The van der Waals surface area contributed by atoms with Gasteiger partial charge in [-0.15, -0.1) is 0 Å². The third-order valence-corrected chi connectivity index (χ3v) is 2.10. The summed E-state index contributed by atoms with van der Waals surface area (Å²) in [7, 11) is 0. The van der Waals surface area contributed by atoms with Gasteiger partial charge in [0.15, 0.2) is 0 Å². The summed E-state index contributed by atoms with van der Waals surface area (Å²) >= 11 is 0. The Hall–Kier alpha value is -1.56. The molecule has 0 aliphatic heterocycles. The van der Waals surface area contributed by atoms with Crippen molar-refractivity contribution < 1.29 is 18.0 Å². The van der Waals surface area contributed by atoms with Crippen LogP contribution in [0.5, 0.6) is 0 Å². The minimum absolute atomic E-state index is 0.213. The molecule has 0 fully saturated rings. The zero-order chi connectivity index (χ0) is 12.9. The molecule has 1 aromatic rings. The summed E-state index contributed by atoms with van der Waals surface area (Å²) in [5, 5.41) is 1.75. The maximum absolute atomic E-state index is 11.9. The molecule has 0 aliphatic rings. The number of amides is 1. The summed E-state index contributed by atoms with van der Waals surface area (Å²) < 4.78 is 35.6. The number of carbonyl (C=O) groups excluding carboxylic acids is 1. The first-order chi connectivity index (χ1) is 7.88. The van der Waals surface area contributed by atoms with Gasteiger partial charge in [-0.1, -0.05) is 30.3 Å². The molecule has 0 saturated carbocycles. The second-order valence-corrected chi connectivity index (χ2v) is 3.63. The molecule has 1 aromatic carbocycles. The maximum Gasteiger partial charge on any atom is 0.405 e. The first-order valence-corrected chi connectivity index (χ1v) is 5.02. The molecule has 3 nitrogen and oxygen atoms in total. The summed E-state index contributed by atoms with van der Waals surface area (Å²) in [6, 6.07) is 7.90. The van der Waals surface area contributed by atoms with E-state index in [2.05, 4.69) is 0 Å². The lowest BCUT2D eigenvalue weighted by Gasteiger charge is -2.13. The van der Waals surface area contributed by atoms with Crippen LogP contribution in [0.3, 0.4) is 0 Å². The maximum atomic E-state index is 11.9. The van der Waals surface area contributed by atoms with E-state index in [9.17, 15) is 18.0 Å². The molecule has 0 saturated heterocycles. The molecule has 94 valence electrons. The Morgan fingerprint density at radius 3 is 2.41 bits per heavy atom. The third-order valence-electron chi connectivity index (χ3n) is 2.10. The zero-order valence-electron chi connectivity index (χ0n) is 9.00. The molecule has 17 heavy (non-hydrogen) atoms. The monoisotopic (exact) mass is 246 g/mol. The highest BCUT2D eigenvalue weighted by Crippen LogP contribution is 2.12. The van der Waals surface area contributed by atoms with Crippen molar-refractivity contribution in [3.63, 3.8) is 0 Å². The van der Waals surface area contributed by atoms with Gasteiger partial charge in [-0.3, -0.25) is 4.79 Å². The van der Waals surface area contributed by atoms with Crippen LogP contribution in [-0.2, 0) is 11.2 Å². The minimum atomic E-state index is -4.41. The summed E-state index contributed by atoms with van der Waals surface area (Å²) in [4.78, 5) is 11.3. The molecular formula is C11H13F3N2O. The fraction of sp³-hybridized carbons (Fsp3) is 0.364. The Labute approximate surface area is 96.8 Å². The lowest BCUT2D eigenvalue weighted by Crippen LogP contribution is -2.45. The van der Waals surface area contributed by atoms with Crippen LogP contribution in [0.4, 0.5) is 13.2 Å². The molecule has 0 aliphatic carbocycles. The molecule has 1 amide bonds. The largest absolute Gasteiger partial charge is 0.405 e. The smallest absolute Gasteiger partial charge is 0.346 e. The third kappa shape index (κ3) is 5.35. The molecular weight excluding hydrogens is 233 g/mol. The summed E-state index contributed by atoms with van der Waals surface area (Å²) in [6.07, 6.45) is -4.20. The van der Waals surface area contributed by atoms with Crippen LogP contribution in [0.25, 0.3) is 0 Å². The highest BCUT2D eigenvalue weighted by molar-refractivity contribution is 5.81. The van der Waals surface area contributed by atoms with Gasteiger partial charge >= 0.3 is 6.18 Å². The van der Waals surface area contributed by atoms with Gasteiger partial charge in [-0.2, -0.15) is 13.2 Å². The van der Waals surface area contributed by atoms with Gasteiger partial charge in [0.05, 0.1) is 6.04 Å². The number of nitrogens with two attached hydrogens (primary N) is 1. The van der Waals surface area contributed by atoms with E-state index in [1.165, 1.54) is 0 Å². The predicted molar refractivity (Wildman–Crippen MR) is 57.2 cm³/mol. The highest BCUT2D eigenvalue weighted by atomic mass is 19.4. The van der Waals surface area contributed by atoms with Crippen LogP contribution in [-0.4, -0.2) is 24.7 Å². The lowest BCUT2D eigenvalue weighted by molar-refractivity contribution is -0.139. The Morgan fingerprint density at radius 2 is 1.88 bits per heavy atom. The Bertz CT molecular complexity index is 365. The number of benzene rings is 1. The van der Waals surface area contributed by atoms with Crippen LogP contribution in [0.15, 0.2) is 30.3 Å². The zero-order valence-corrected chi connectivity index (χ0v) is 9.00. The molecule has 0 aromatic heterocycles. The number of rotatable bonds is 4. The second kappa shape index (κ2) is 5.67. The molecule has 3 N–H and O–H groups in total. The van der Waals surface area contributed by atoms with E-state index in [0.29, 0.717) is 0 Å². The molecule has 1 rings (SSSR count). The molecule has 0 spiro atoms. The molecule has 1 atom stereocenters. The van der Waals surface area contributed by atoms with Gasteiger partial charge in [0.2, 0.25) is 5.91 Å². The van der Waals surface area contributed by atoms with E-state index in [4.69, 9.17) is 5.73 Å². The standard InChI is InChI=1S/C11H13F3N2O/c12-11(13,14)7-16-10(17)9(15)6-8-4-2-1-3-5-8/h1-5,9H,6-7,15H2,(H,16,17). The number of nitrogens with one attached hydrogen (secondary N) is 1. The van der Waals surface area contributed by atoms with Gasteiger partial charge in [0.1, 0.15) is 6.54 Å². The molecule has 6 heteroatoms. The average molecular weight is 246 g/mol. The normalized spacial score (nSPS) is 13.2. The first-order valence-electron chi connectivity index (χ1n) is 5.02. The van der Waals surface area contributed by atoms with Gasteiger partial charge in [0.25, 0.3) is 0 Å². The van der Waals surface area contributed by atoms with Crippen LogP contribution in [0.1, 0.15) is 5.56 Å². The van der Waals surface area contributed by atoms with Crippen molar-refractivity contribution in [1.29, 1.82) is 0 Å². The van der Waals surface area contributed by atoms with Crippen LogP contribution in [0.2, 0.25) is 0 Å². The van der Waals surface area contributed by atoms with Crippen molar-refractivity contribution in [3.05, 3.63) is 35.9 Å². The first kappa shape index (κ1) is 13.5. The number of alkyl halides is 3. The quantitative estimate of drug-likeness (QED) is 0.839. The van der Waals surface area contributed by atoms with Gasteiger partial charge in [-0.25, -0.2) is 0 Å². The number of hydrogen-bond acceptors (Lipinski definition) is 2. The van der Waals surface area contributed by atoms with E-state index in [-0.39, 0.29) is 6.42 Å². The van der Waals surface area contributed by atoms with Gasteiger partial charge in [-0.05, 0) is 12.0 Å². The fourth-order valence-corrected chi connectivity index (χ4v) is 1.28. The Morgan fingerprint density at radius 1 is 1.29 bits per heavy atom. The SMILES string of the molecule is NC(Cc1ccccc1)C(=O)NCC(F)(F)F. The van der Waals surface area contributed by atoms with Crippen molar-refractivity contribution in [2.24, 2.45) is 5.73 Å². The Kier molecular flexibility index (Phi) is 4.51. The van der Waals surface area contributed by atoms with Crippen molar-refractivity contribution >= 4 is 5.91 Å². The number of halogens is 3. The van der Waals surface area contributed by atoms with Crippen molar-refractivity contribution in [3.8, 4) is 0 Å². The summed E-state index contributed by atoms with van der Waals surface area (Å²) in [6.45, 7) is -1.35. The molecule has 1 unspecified atom stereocenters.